The second kappa shape index (κ2) is 8.71. The number of ether oxygens (including phenoxy) is 2. The van der Waals surface area contributed by atoms with Crippen LogP contribution in [0.25, 0.3) is 11.8 Å². The highest BCUT2D eigenvalue weighted by Crippen LogP contribution is 2.36. The number of imide groups is 1. The van der Waals surface area contributed by atoms with Crippen molar-refractivity contribution in [3.8, 4) is 11.5 Å². The lowest BCUT2D eigenvalue weighted by atomic mass is 10.1. The van der Waals surface area contributed by atoms with Crippen molar-refractivity contribution in [2.24, 2.45) is 0 Å². The van der Waals surface area contributed by atoms with E-state index >= 15 is 0 Å². The van der Waals surface area contributed by atoms with Crippen LogP contribution >= 0.6 is 11.8 Å². The number of carbonyl (C=O) groups excluding carboxylic acids is 4. The molecule has 10 heteroatoms. The van der Waals surface area contributed by atoms with Crippen molar-refractivity contribution in [3.05, 3.63) is 70.6 Å². The highest BCUT2D eigenvalue weighted by Gasteiger charge is 2.35. The van der Waals surface area contributed by atoms with Crippen molar-refractivity contribution in [1.82, 2.24) is 15.1 Å². The summed E-state index contributed by atoms with van der Waals surface area (Å²) in [6, 6.07) is 12.3. The molecule has 0 aromatic heterocycles. The third kappa shape index (κ3) is 3.92. The molecule has 9 nitrogen and oxygen atoms in total. The Morgan fingerprint density at radius 1 is 1.03 bits per heavy atom. The molecule has 3 aliphatic heterocycles. The molecule has 1 fully saturated rings. The Labute approximate surface area is 199 Å². The molecule has 0 bridgehead atoms. The number of benzene rings is 2. The first-order chi connectivity index (χ1) is 16.4. The van der Waals surface area contributed by atoms with Gasteiger partial charge in [-0.3, -0.25) is 29.0 Å². The largest absolute Gasteiger partial charge is 0.454 e. The highest BCUT2D eigenvalue weighted by atomic mass is 32.2. The fourth-order valence-electron chi connectivity index (χ4n) is 3.86. The number of rotatable bonds is 6. The van der Waals surface area contributed by atoms with Gasteiger partial charge in [-0.05, 0) is 41.6 Å². The summed E-state index contributed by atoms with van der Waals surface area (Å²) >= 11 is 0.838. The average Bonchev–Trinajstić information content (AvgIpc) is 3.47. The molecular formula is C24H19N3O6S. The van der Waals surface area contributed by atoms with Gasteiger partial charge in [0.05, 0.1) is 4.91 Å². The Morgan fingerprint density at radius 2 is 1.79 bits per heavy atom. The molecule has 0 aliphatic carbocycles. The van der Waals surface area contributed by atoms with E-state index in [1.54, 1.807) is 48.5 Å². The molecule has 2 aromatic carbocycles. The highest BCUT2D eigenvalue weighted by molar-refractivity contribution is 8.18. The van der Waals surface area contributed by atoms with E-state index in [0.717, 1.165) is 16.7 Å². The zero-order chi connectivity index (χ0) is 23.8. The van der Waals surface area contributed by atoms with Crippen LogP contribution in [-0.2, 0) is 9.59 Å². The minimum absolute atomic E-state index is 0.0179. The zero-order valence-corrected chi connectivity index (χ0v) is 18.7. The number of fused-ring (bicyclic) bond motifs is 2. The molecule has 34 heavy (non-hydrogen) atoms. The van der Waals surface area contributed by atoms with E-state index < -0.39 is 17.1 Å². The molecular weight excluding hydrogens is 458 g/mol. The molecule has 3 heterocycles. The number of hydrogen-bond acceptors (Lipinski definition) is 7. The number of amides is 4. The fraction of sp³-hybridized carbons (Fsp3) is 0.167. The van der Waals surface area contributed by atoms with Crippen molar-refractivity contribution < 1.29 is 28.7 Å². The monoisotopic (exact) mass is 477 g/mol. The number of carbonyl (C=O) groups is 4. The summed E-state index contributed by atoms with van der Waals surface area (Å²) in [6.07, 6.45) is 1.62. The lowest BCUT2D eigenvalue weighted by Crippen LogP contribution is -2.41. The van der Waals surface area contributed by atoms with Crippen LogP contribution in [-0.4, -0.2) is 59.2 Å². The summed E-state index contributed by atoms with van der Waals surface area (Å²) in [5.41, 5.74) is 2.38. The molecule has 0 radical (unpaired) electrons. The zero-order valence-electron chi connectivity index (χ0n) is 17.9. The first-order valence-electron chi connectivity index (χ1n) is 10.4. The van der Waals surface area contributed by atoms with Crippen LogP contribution < -0.4 is 14.8 Å². The first-order valence-corrected chi connectivity index (χ1v) is 11.3. The smallest absolute Gasteiger partial charge is 0.293 e. The minimum Gasteiger partial charge on any atom is -0.454 e. The molecule has 0 spiro atoms. The predicted molar refractivity (Wildman–Crippen MR) is 125 cm³/mol. The van der Waals surface area contributed by atoms with Gasteiger partial charge in [0.25, 0.3) is 17.1 Å². The second-order valence-electron chi connectivity index (χ2n) is 7.68. The van der Waals surface area contributed by atoms with Crippen molar-refractivity contribution in [3.63, 3.8) is 0 Å². The third-order valence-electron chi connectivity index (χ3n) is 5.57. The van der Waals surface area contributed by atoms with Crippen molar-refractivity contribution in [1.29, 1.82) is 0 Å². The van der Waals surface area contributed by atoms with Gasteiger partial charge in [-0.1, -0.05) is 30.8 Å². The molecule has 1 N–H and O–H groups in total. The number of nitrogens with one attached hydrogen (secondary N) is 1. The van der Waals surface area contributed by atoms with Gasteiger partial charge in [0, 0.05) is 29.9 Å². The Kier molecular flexibility index (Phi) is 5.58. The second-order valence-corrected chi connectivity index (χ2v) is 8.67. The molecule has 3 aliphatic rings. The minimum atomic E-state index is -0.430. The maximum atomic E-state index is 12.7. The van der Waals surface area contributed by atoms with Crippen molar-refractivity contribution >= 4 is 46.5 Å². The quantitative estimate of drug-likeness (QED) is 0.638. The molecule has 1 saturated heterocycles. The van der Waals surface area contributed by atoms with Gasteiger partial charge in [0.2, 0.25) is 12.7 Å². The Morgan fingerprint density at radius 3 is 2.59 bits per heavy atom. The topological polar surface area (TPSA) is 105 Å². The number of nitrogens with zero attached hydrogens (tertiary/aromatic N) is 2. The normalized spacial score (nSPS) is 17.7. The molecule has 172 valence electrons. The summed E-state index contributed by atoms with van der Waals surface area (Å²) in [7, 11) is 0. The molecule has 0 saturated carbocycles. The van der Waals surface area contributed by atoms with Crippen LogP contribution in [0.3, 0.4) is 0 Å². The van der Waals surface area contributed by atoms with Gasteiger partial charge in [-0.2, -0.15) is 0 Å². The van der Waals surface area contributed by atoms with Crippen molar-refractivity contribution in [2.75, 3.05) is 26.4 Å². The maximum Gasteiger partial charge on any atom is 0.293 e. The SMILES string of the molecule is C=C1c2ccccc2C(=O)N1CC(=O)NCCN1C(=O)S/C(=C/c2ccc3c(c2)OCO3)C1=O. The van der Waals surface area contributed by atoms with Gasteiger partial charge in [-0.15, -0.1) is 0 Å². The standard InChI is InChI=1S/C24H19N3O6S/c1-14-16-4-2-3-5-17(16)22(29)27(14)12-21(28)25-8-9-26-23(30)20(34-24(26)31)11-15-6-7-18-19(10-15)33-13-32-18/h2-7,10-11H,1,8-9,12-13H2,(H,25,28)/b20-11+. The number of thioether (sulfide) groups is 1. The maximum absolute atomic E-state index is 12.7. The molecule has 0 atom stereocenters. The van der Waals surface area contributed by atoms with E-state index in [0.29, 0.717) is 33.9 Å². The van der Waals surface area contributed by atoms with Crippen LogP contribution in [0.5, 0.6) is 11.5 Å². The molecule has 0 unspecified atom stereocenters. The summed E-state index contributed by atoms with van der Waals surface area (Å²) in [5, 5.41) is 2.25. The van der Waals surface area contributed by atoms with Crippen molar-refractivity contribution in [2.45, 2.75) is 0 Å². The van der Waals surface area contributed by atoms with Crippen LogP contribution in [0.1, 0.15) is 21.5 Å². The summed E-state index contributed by atoms with van der Waals surface area (Å²) in [6.45, 7) is 3.94. The summed E-state index contributed by atoms with van der Waals surface area (Å²) < 4.78 is 10.6. The fourth-order valence-corrected chi connectivity index (χ4v) is 4.72. The van der Waals surface area contributed by atoms with Crippen LogP contribution in [0.2, 0.25) is 0 Å². The van der Waals surface area contributed by atoms with E-state index in [1.807, 2.05) is 0 Å². The van der Waals surface area contributed by atoms with Gasteiger partial charge in [0.15, 0.2) is 11.5 Å². The third-order valence-corrected chi connectivity index (χ3v) is 6.47. The van der Waals surface area contributed by atoms with E-state index in [-0.39, 0.29) is 37.2 Å². The first kappa shape index (κ1) is 21.8. The van der Waals surface area contributed by atoms with E-state index in [1.165, 1.54) is 4.90 Å². The van der Waals surface area contributed by atoms with Gasteiger partial charge >= 0.3 is 0 Å². The van der Waals surface area contributed by atoms with E-state index in [2.05, 4.69) is 11.9 Å². The molecule has 5 rings (SSSR count). The molecule has 2 aromatic rings. The Hall–Kier alpha value is -4.05. The Bertz CT molecular complexity index is 1250. The Balaban J connectivity index is 1.16. The predicted octanol–water partition coefficient (Wildman–Crippen LogP) is 2.69. The lowest BCUT2D eigenvalue weighted by Gasteiger charge is -2.18. The van der Waals surface area contributed by atoms with Gasteiger partial charge in [0.1, 0.15) is 6.54 Å². The van der Waals surface area contributed by atoms with Gasteiger partial charge < -0.3 is 14.8 Å². The van der Waals surface area contributed by atoms with E-state index in [9.17, 15) is 19.2 Å². The summed E-state index contributed by atoms with van der Waals surface area (Å²) in [4.78, 5) is 52.7. The summed E-state index contributed by atoms with van der Waals surface area (Å²) in [5.74, 6) is 0.0861. The van der Waals surface area contributed by atoms with Crippen LogP contribution in [0.4, 0.5) is 4.79 Å². The van der Waals surface area contributed by atoms with E-state index in [4.69, 9.17) is 9.47 Å². The van der Waals surface area contributed by atoms with Gasteiger partial charge in [-0.25, -0.2) is 0 Å². The lowest BCUT2D eigenvalue weighted by molar-refractivity contribution is -0.124. The number of hydrogen-bond donors (Lipinski definition) is 1. The van der Waals surface area contributed by atoms with Crippen LogP contribution in [0, 0.1) is 0 Å². The average molecular weight is 477 g/mol. The molecule has 4 amide bonds. The van der Waals surface area contributed by atoms with Crippen LogP contribution in [0.15, 0.2) is 53.9 Å².